The molecule has 0 saturated heterocycles. The summed E-state index contributed by atoms with van der Waals surface area (Å²) in [6.45, 7) is 0.0526. The lowest BCUT2D eigenvalue weighted by Gasteiger charge is -2.16. The van der Waals surface area contributed by atoms with Crippen LogP contribution in [0.25, 0.3) is 0 Å². The van der Waals surface area contributed by atoms with Crippen LogP contribution in [0.5, 0.6) is 0 Å². The van der Waals surface area contributed by atoms with Crippen molar-refractivity contribution in [2.24, 2.45) is 0 Å². The number of ether oxygens (including phenoxy) is 1. The topological polar surface area (TPSA) is 67.4 Å². The van der Waals surface area contributed by atoms with Gasteiger partial charge in [0.1, 0.15) is 5.82 Å². The second kappa shape index (κ2) is 9.19. The molecule has 0 heterocycles. The minimum Gasteiger partial charge on any atom is -0.375 e. The van der Waals surface area contributed by atoms with Crippen LogP contribution in [0.3, 0.4) is 0 Å². The Balaban J connectivity index is 1.92. The number of thioether (sulfide) groups is 1. The smallest absolute Gasteiger partial charge is 0.313 e. The lowest BCUT2D eigenvalue weighted by Crippen LogP contribution is -2.38. The molecule has 2 amide bonds. The summed E-state index contributed by atoms with van der Waals surface area (Å²) in [5.41, 5.74) is 1.12. The van der Waals surface area contributed by atoms with Crippen LogP contribution >= 0.6 is 11.8 Å². The lowest BCUT2D eigenvalue weighted by atomic mass is 10.1. The van der Waals surface area contributed by atoms with Crippen molar-refractivity contribution in [1.82, 2.24) is 5.32 Å². The van der Waals surface area contributed by atoms with E-state index >= 15 is 0 Å². The zero-order valence-corrected chi connectivity index (χ0v) is 14.7. The number of carbonyl (C=O) groups excluding carboxylic acids is 2. The van der Waals surface area contributed by atoms with Crippen molar-refractivity contribution in [2.45, 2.75) is 11.0 Å². The Kier molecular flexibility index (Phi) is 6.97. The van der Waals surface area contributed by atoms with Crippen LogP contribution in [-0.2, 0) is 14.3 Å². The molecule has 7 heteroatoms. The van der Waals surface area contributed by atoms with E-state index in [1.807, 2.05) is 12.3 Å². The van der Waals surface area contributed by atoms with E-state index in [-0.39, 0.29) is 6.54 Å². The maximum atomic E-state index is 13.3. The van der Waals surface area contributed by atoms with Crippen molar-refractivity contribution in [3.05, 3.63) is 59.9 Å². The van der Waals surface area contributed by atoms with Crippen LogP contribution < -0.4 is 10.6 Å². The first-order chi connectivity index (χ1) is 12.0. The van der Waals surface area contributed by atoms with Crippen molar-refractivity contribution >= 4 is 29.3 Å². The monoisotopic (exact) mass is 362 g/mol. The number of carbonyl (C=O) groups is 2. The fraction of sp³-hybridized carbons (Fsp3) is 0.222. The van der Waals surface area contributed by atoms with Crippen molar-refractivity contribution in [1.29, 1.82) is 0 Å². The van der Waals surface area contributed by atoms with Gasteiger partial charge in [0.05, 0.1) is 6.10 Å². The highest BCUT2D eigenvalue weighted by Crippen LogP contribution is 2.19. The molecular formula is C18H19FN2O3S. The first-order valence-electron chi connectivity index (χ1n) is 7.55. The Bertz CT molecular complexity index is 755. The molecule has 0 radical (unpaired) electrons. The molecule has 0 aromatic heterocycles. The summed E-state index contributed by atoms with van der Waals surface area (Å²) in [6.07, 6.45) is 1.37. The number of anilines is 1. The summed E-state index contributed by atoms with van der Waals surface area (Å²) >= 11 is 1.54. The van der Waals surface area contributed by atoms with Crippen molar-refractivity contribution < 1.29 is 18.7 Å². The van der Waals surface area contributed by atoms with Gasteiger partial charge in [-0.25, -0.2) is 4.39 Å². The highest BCUT2D eigenvalue weighted by atomic mass is 32.2. The Hall–Kier alpha value is -2.38. The number of benzene rings is 2. The highest BCUT2D eigenvalue weighted by molar-refractivity contribution is 7.98. The molecule has 2 aromatic carbocycles. The standard InChI is InChI=1S/C18H19FN2O3S/c1-24-16(12-5-3-6-13(19)9-12)11-20-17(22)18(23)21-14-7-4-8-15(10-14)25-2/h3-10,16H,11H2,1-2H3,(H,20,22)(H,21,23). The van der Waals surface area contributed by atoms with Crippen LogP contribution in [-0.4, -0.2) is 31.7 Å². The Morgan fingerprint density at radius 2 is 1.92 bits per heavy atom. The van der Waals surface area contributed by atoms with E-state index in [2.05, 4.69) is 10.6 Å². The highest BCUT2D eigenvalue weighted by Gasteiger charge is 2.17. The maximum absolute atomic E-state index is 13.3. The van der Waals surface area contributed by atoms with Gasteiger partial charge in [-0.3, -0.25) is 9.59 Å². The van der Waals surface area contributed by atoms with Gasteiger partial charge in [0.2, 0.25) is 0 Å². The Morgan fingerprint density at radius 3 is 2.60 bits per heavy atom. The molecule has 5 nitrogen and oxygen atoms in total. The second-order valence-corrected chi connectivity index (χ2v) is 6.06. The summed E-state index contributed by atoms with van der Waals surface area (Å²) in [5.74, 6) is -1.95. The Labute approximate surface area is 150 Å². The number of amides is 2. The summed E-state index contributed by atoms with van der Waals surface area (Å²) in [6, 6.07) is 13.1. The van der Waals surface area contributed by atoms with Gasteiger partial charge >= 0.3 is 11.8 Å². The van der Waals surface area contributed by atoms with Crippen molar-refractivity contribution in [3.8, 4) is 0 Å². The molecule has 25 heavy (non-hydrogen) atoms. The Morgan fingerprint density at radius 1 is 1.16 bits per heavy atom. The molecule has 1 unspecified atom stereocenters. The zero-order valence-electron chi connectivity index (χ0n) is 13.9. The van der Waals surface area contributed by atoms with Gasteiger partial charge in [0.15, 0.2) is 0 Å². The van der Waals surface area contributed by atoms with E-state index in [4.69, 9.17) is 4.74 Å². The number of halogens is 1. The van der Waals surface area contributed by atoms with E-state index in [0.717, 1.165) is 4.90 Å². The third-order valence-corrected chi connectivity index (χ3v) is 4.21. The second-order valence-electron chi connectivity index (χ2n) is 5.18. The van der Waals surface area contributed by atoms with Gasteiger partial charge in [-0.05, 0) is 42.2 Å². The van der Waals surface area contributed by atoms with Gasteiger partial charge in [-0.2, -0.15) is 0 Å². The van der Waals surface area contributed by atoms with Gasteiger partial charge in [0.25, 0.3) is 0 Å². The number of methoxy groups -OCH3 is 1. The first kappa shape index (κ1) is 19.0. The van der Waals surface area contributed by atoms with Crippen molar-refractivity contribution in [3.63, 3.8) is 0 Å². The molecule has 1 atom stereocenters. The third kappa shape index (κ3) is 5.58. The minimum atomic E-state index is -0.784. The fourth-order valence-corrected chi connectivity index (χ4v) is 2.66. The predicted molar refractivity (Wildman–Crippen MR) is 96.0 cm³/mol. The van der Waals surface area contributed by atoms with Crippen LogP contribution in [0.2, 0.25) is 0 Å². The van der Waals surface area contributed by atoms with E-state index in [1.54, 1.807) is 30.3 Å². The van der Waals surface area contributed by atoms with Gasteiger partial charge in [0, 0.05) is 24.2 Å². The number of hydrogen-bond donors (Lipinski definition) is 2. The third-order valence-electron chi connectivity index (χ3n) is 3.49. The van der Waals surface area contributed by atoms with Gasteiger partial charge in [-0.1, -0.05) is 18.2 Å². The molecule has 0 fully saturated rings. The number of rotatable bonds is 6. The van der Waals surface area contributed by atoms with Gasteiger partial charge in [-0.15, -0.1) is 11.8 Å². The quantitative estimate of drug-likeness (QED) is 0.612. The molecule has 2 N–H and O–H groups in total. The largest absolute Gasteiger partial charge is 0.375 e. The summed E-state index contributed by atoms with van der Waals surface area (Å²) in [5, 5.41) is 5.04. The molecule has 0 aliphatic rings. The summed E-state index contributed by atoms with van der Waals surface area (Å²) < 4.78 is 18.5. The molecule has 0 aliphatic carbocycles. The molecule has 132 valence electrons. The van der Waals surface area contributed by atoms with E-state index in [1.165, 1.54) is 31.0 Å². The maximum Gasteiger partial charge on any atom is 0.313 e. The molecule has 0 bridgehead atoms. The fourth-order valence-electron chi connectivity index (χ4n) is 2.20. The molecule has 0 saturated carbocycles. The predicted octanol–water partition coefficient (Wildman–Crippen LogP) is 2.99. The van der Waals surface area contributed by atoms with Crippen molar-refractivity contribution in [2.75, 3.05) is 25.2 Å². The number of hydrogen-bond acceptors (Lipinski definition) is 4. The molecule has 0 spiro atoms. The zero-order chi connectivity index (χ0) is 18.2. The van der Waals surface area contributed by atoms with Crippen LogP contribution in [0.15, 0.2) is 53.4 Å². The van der Waals surface area contributed by atoms with Crippen LogP contribution in [0.4, 0.5) is 10.1 Å². The average Bonchev–Trinajstić information content (AvgIpc) is 2.62. The van der Waals surface area contributed by atoms with Crippen LogP contribution in [0, 0.1) is 5.82 Å². The SMILES string of the molecule is COC(CNC(=O)C(=O)Nc1cccc(SC)c1)c1cccc(F)c1. The summed E-state index contributed by atoms with van der Waals surface area (Å²) in [4.78, 5) is 24.9. The van der Waals surface area contributed by atoms with Crippen LogP contribution in [0.1, 0.15) is 11.7 Å². The molecule has 2 rings (SSSR count). The average molecular weight is 362 g/mol. The first-order valence-corrected chi connectivity index (χ1v) is 8.77. The summed E-state index contributed by atoms with van der Waals surface area (Å²) in [7, 11) is 1.45. The van der Waals surface area contributed by atoms with E-state index in [9.17, 15) is 14.0 Å². The normalized spacial score (nSPS) is 11.6. The van der Waals surface area contributed by atoms with E-state index in [0.29, 0.717) is 11.3 Å². The van der Waals surface area contributed by atoms with Gasteiger partial charge < -0.3 is 15.4 Å². The molecule has 2 aromatic rings. The molecule has 0 aliphatic heterocycles. The number of nitrogens with one attached hydrogen (secondary N) is 2. The lowest BCUT2D eigenvalue weighted by molar-refractivity contribution is -0.136. The minimum absolute atomic E-state index is 0.0526. The van der Waals surface area contributed by atoms with E-state index < -0.39 is 23.7 Å². The molecular weight excluding hydrogens is 343 g/mol.